The minimum absolute atomic E-state index is 0.197. The summed E-state index contributed by atoms with van der Waals surface area (Å²) >= 11 is 1.67. The summed E-state index contributed by atoms with van der Waals surface area (Å²) < 4.78 is 8.75. The van der Waals surface area contributed by atoms with Gasteiger partial charge in [0, 0.05) is 78.1 Å². The van der Waals surface area contributed by atoms with E-state index in [0.29, 0.717) is 22.9 Å². The number of nitrogens with zero attached hydrogens (tertiary/aromatic N) is 5. The fourth-order valence-electron chi connectivity index (χ4n) is 6.21. The first-order chi connectivity index (χ1) is 22.3. The number of hydrogen-bond donors (Lipinski definition) is 2. The quantitative estimate of drug-likeness (QED) is 0.187. The molecule has 0 saturated carbocycles. The number of ether oxygens (including phenoxy) is 1. The predicted molar refractivity (Wildman–Crippen MR) is 192 cm³/mol. The van der Waals surface area contributed by atoms with Crippen molar-refractivity contribution in [3.63, 3.8) is 0 Å². The zero-order valence-electron chi connectivity index (χ0n) is 27.1. The third kappa shape index (κ3) is 6.80. The van der Waals surface area contributed by atoms with Crippen LogP contribution >= 0.6 is 11.3 Å². The summed E-state index contributed by atoms with van der Waals surface area (Å²) in [5.74, 6) is 0.878. The number of aryl methyl sites for hydroxylation is 1. The van der Waals surface area contributed by atoms with Crippen LogP contribution < -0.4 is 15.8 Å². The Bertz CT molecular complexity index is 1870. The summed E-state index contributed by atoms with van der Waals surface area (Å²) in [4.78, 5) is 25.2. The first-order valence-corrected chi connectivity index (χ1v) is 16.7. The van der Waals surface area contributed by atoms with E-state index in [1.54, 1.807) is 18.4 Å². The molecule has 6 rings (SSSR count). The molecular weight excluding hydrogens is 595 g/mol. The van der Waals surface area contributed by atoms with E-state index in [4.69, 9.17) is 10.5 Å². The van der Waals surface area contributed by atoms with Gasteiger partial charge >= 0.3 is 0 Å². The highest BCUT2D eigenvalue weighted by atomic mass is 32.1. The summed E-state index contributed by atoms with van der Waals surface area (Å²) in [7, 11) is 7.78. The molecule has 1 fully saturated rings. The van der Waals surface area contributed by atoms with E-state index in [1.807, 2.05) is 66.3 Å². The summed E-state index contributed by atoms with van der Waals surface area (Å²) in [5, 5.41) is 7.12. The summed E-state index contributed by atoms with van der Waals surface area (Å²) in [5.41, 5.74) is 11.7. The van der Waals surface area contributed by atoms with Gasteiger partial charge in [-0.2, -0.15) is 0 Å². The second-order valence-corrected chi connectivity index (χ2v) is 13.0. The number of piperazine rings is 1. The van der Waals surface area contributed by atoms with Gasteiger partial charge in [0.1, 0.15) is 17.3 Å². The van der Waals surface area contributed by atoms with Crippen LogP contribution in [0.2, 0.25) is 0 Å². The molecule has 0 aliphatic carbocycles. The summed E-state index contributed by atoms with van der Waals surface area (Å²) in [6.45, 7) is 7.65. The highest BCUT2D eigenvalue weighted by Crippen LogP contribution is 2.41. The van der Waals surface area contributed by atoms with Crippen LogP contribution in [-0.2, 0) is 7.05 Å². The number of benzene rings is 2. The fraction of sp³-hybridized carbons (Fsp3) is 0.333. The maximum absolute atomic E-state index is 13.3. The minimum Gasteiger partial charge on any atom is -0.495 e. The second-order valence-electron chi connectivity index (χ2n) is 12.2. The predicted octanol–water partition coefficient (Wildman–Crippen LogP) is 5.88. The van der Waals surface area contributed by atoms with E-state index < -0.39 is 0 Å². The highest BCUT2D eigenvalue weighted by molar-refractivity contribution is 7.18. The van der Waals surface area contributed by atoms with Crippen LogP contribution in [0.1, 0.15) is 22.5 Å². The molecule has 9 nitrogen and oxygen atoms in total. The number of nitrogen functional groups attached to an aromatic ring is 1. The molecule has 1 aliphatic heterocycles. The Morgan fingerprint density at radius 1 is 1.11 bits per heavy atom. The Balaban J connectivity index is 1.15. The number of aromatic nitrogens is 2. The lowest BCUT2D eigenvalue weighted by Crippen LogP contribution is -2.46. The molecule has 3 aromatic heterocycles. The van der Waals surface area contributed by atoms with Gasteiger partial charge in [-0.3, -0.25) is 9.69 Å². The van der Waals surface area contributed by atoms with E-state index in [2.05, 4.69) is 56.6 Å². The third-order valence-electron chi connectivity index (χ3n) is 8.80. The number of rotatable bonds is 11. The van der Waals surface area contributed by atoms with E-state index >= 15 is 0 Å². The number of carbonyl (C=O) groups is 1. The molecule has 240 valence electrons. The second kappa shape index (κ2) is 14.0. The van der Waals surface area contributed by atoms with Crippen molar-refractivity contribution < 1.29 is 9.53 Å². The van der Waals surface area contributed by atoms with Crippen LogP contribution in [0.4, 0.5) is 11.5 Å². The van der Waals surface area contributed by atoms with Crippen LogP contribution in [0.5, 0.6) is 5.75 Å². The van der Waals surface area contributed by atoms with Crippen molar-refractivity contribution in [2.24, 2.45) is 7.05 Å². The van der Waals surface area contributed by atoms with Gasteiger partial charge in [-0.25, -0.2) is 4.98 Å². The smallest absolute Gasteiger partial charge is 0.272 e. The zero-order valence-corrected chi connectivity index (χ0v) is 27.9. The first kappa shape index (κ1) is 31.7. The van der Waals surface area contributed by atoms with Crippen LogP contribution in [0, 0.1) is 0 Å². The Kier molecular flexibility index (Phi) is 9.70. The van der Waals surface area contributed by atoms with E-state index in [9.17, 15) is 4.79 Å². The molecule has 0 unspecified atom stereocenters. The standard InChI is InChI=1S/C36H43N7O2S/c1-40(2)14-8-16-43-19-17-42(18-20-43)15-7-10-27-23-38-35(37)33-28(24-46-34(27)33)25-12-13-29(32(22-25)45-4)39-36(44)31-21-26-9-5-6-11-30(26)41(31)3/h5-7,9-13,21-24H,8,14-20H2,1-4H3,(H2,37,38)(H,39,44). The number of methoxy groups -OCH3 is 1. The van der Waals surface area contributed by atoms with Crippen LogP contribution in [0.15, 0.2) is 66.2 Å². The lowest BCUT2D eigenvalue weighted by Gasteiger charge is -2.34. The number of hydrogen-bond acceptors (Lipinski definition) is 8. The lowest BCUT2D eigenvalue weighted by atomic mass is 10.0. The molecule has 1 amide bonds. The van der Waals surface area contributed by atoms with Gasteiger partial charge in [0.25, 0.3) is 5.91 Å². The average molecular weight is 638 g/mol. The van der Waals surface area contributed by atoms with Crippen molar-refractivity contribution in [2.75, 3.05) is 78.1 Å². The van der Waals surface area contributed by atoms with Crippen molar-refractivity contribution in [3.8, 4) is 16.9 Å². The van der Waals surface area contributed by atoms with Crippen molar-refractivity contribution in [1.82, 2.24) is 24.3 Å². The number of pyridine rings is 1. The molecule has 2 aromatic carbocycles. The number of anilines is 2. The van der Waals surface area contributed by atoms with E-state index in [1.165, 1.54) is 13.0 Å². The molecule has 3 N–H and O–H groups in total. The molecule has 5 aromatic rings. The summed E-state index contributed by atoms with van der Waals surface area (Å²) in [6, 6.07) is 15.7. The Hall–Kier alpha value is -4.22. The first-order valence-electron chi connectivity index (χ1n) is 15.8. The number of thiophene rings is 1. The largest absolute Gasteiger partial charge is 0.495 e. The number of para-hydroxylation sites is 1. The molecule has 46 heavy (non-hydrogen) atoms. The van der Waals surface area contributed by atoms with Crippen molar-refractivity contribution in [1.29, 1.82) is 0 Å². The molecule has 0 bridgehead atoms. The molecule has 0 radical (unpaired) electrons. The van der Waals surface area contributed by atoms with Gasteiger partial charge in [-0.1, -0.05) is 36.4 Å². The van der Waals surface area contributed by atoms with Crippen LogP contribution in [0.3, 0.4) is 0 Å². The number of nitrogens with two attached hydrogens (primary N) is 1. The molecule has 10 heteroatoms. The van der Waals surface area contributed by atoms with E-state index in [0.717, 1.165) is 76.9 Å². The lowest BCUT2D eigenvalue weighted by molar-refractivity contribution is 0.101. The Morgan fingerprint density at radius 3 is 2.65 bits per heavy atom. The molecular formula is C36H43N7O2S. The number of nitrogens with one attached hydrogen (secondary N) is 1. The monoisotopic (exact) mass is 637 g/mol. The molecule has 0 spiro atoms. The zero-order chi connectivity index (χ0) is 32.2. The maximum Gasteiger partial charge on any atom is 0.272 e. The van der Waals surface area contributed by atoms with E-state index in [-0.39, 0.29) is 5.91 Å². The van der Waals surface area contributed by atoms with Gasteiger partial charge in [0.15, 0.2) is 0 Å². The number of amides is 1. The molecule has 1 saturated heterocycles. The Morgan fingerprint density at radius 2 is 1.89 bits per heavy atom. The van der Waals surface area contributed by atoms with Gasteiger partial charge in [0.2, 0.25) is 0 Å². The maximum atomic E-state index is 13.3. The topological polar surface area (TPSA) is 91.9 Å². The van der Waals surface area contributed by atoms with Crippen LogP contribution in [-0.4, -0.2) is 97.2 Å². The molecule has 4 heterocycles. The van der Waals surface area contributed by atoms with Gasteiger partial charge in [-0.05, 0) is 68.8 Å². The number of carbonyl (C=O) groups excluding carboxylic acids is 1. The normalized spacial score (nSPS) is 14.6. The molecule has 0 atom stereocenters. The average Bonchev–Trinajstić information content (AvgIpc) is 3.66. The van der Waals surface area contributed by atoms with Gasteiger partial charge in [-0.15, -0.1) is 11.3 Å². The fourth-order valence-corrected chi connectivity index (χ4v) is 7.29. The van der Waals surface area contributed by atoms with Crippen LogP contribution in [0.25, 0.3) is 38.2 Å². The SMILES string of the molecule is COc1cc(-c2csc3c(C=CCN4CCN(CCCN(C)C)CC4)cnc(N)c23)ccc1NC(=O)c1cc2ccccc2n1C. The number of fused-ring (bicyclic) bond motifs is 2. The minimum atomic E-state index is -0.197. The Labute approximate surface area is 274 Å². The molecule has 1 aliphatic rings. The van der Waals surface area contributed by atoms with Gasteiger partial charge < -0.3 is 30.2 Å². The third-order valence-corrected chi connectivity index (χ3v) is 9.83. The summed E-state index contributed by atoms with van der Waals surface area (Å²) in [6.07, 6.45) is 7.49. The van der Waals surface area contributed by atoms with Crippen molar-refractivity contribution in [3.05, 3.63) is 77.4 Å². The highest BCUT2D eigenvalue weighted by Gasteiger charge is 2.19. The van der Waals surface area contributed by atoms with Crippen molar-refractivity contribution in [2.45, 2.75) is 6.42 Å². The van der Waals surface area contributed by atoms with Gasteiger partial charge in [0.05, 0.1) is 12.8 Å². The van der Waals surface area contributed by atoms with Crippen molar-refractivity contribution >= 4 is 55.8 Å².